The number of thiazole rings is 1. The summed E-state index contributed by atoms with van der Waals surface area (Å²) in [5, 5.41) is 2.60. The fraction of sp³-hybridized carbons (Fsp3) is 0.143. The van der Waals surface area contributed by atoms with Gasteiger partial charge in [0.05, 0.1) is 20.0 Å². The number of hydrazine groups is 1. The van der Waals surface area contributed by atoms with Gasteiger partial charge in [0, 0.05) is 14.1 Å². The average molecular weight is 303 g/mol. The number of amides is 1. The minimum Gasteiger partial charge on any atom is -0.285 e. The molecule has 1 N–H and O–H groups in total. The number of carbonyl (C=O) groups is 1. The van der Waals surface area contributed by atoms with Gasteiger partial charge in [-0.15, -0.1) is 22.7 Å². The Labute approximate surface area is 124 Å². The molecule has 0 radical (unpaired) electrons. The van der Waals surface area contributed by atoms with Crippen molar-refractivity contribution < 1.29 is 4.79 Å². The van der Waals surface area contributed by atoms with E-state index in [0.717, 1.165) is 20.1 Å². The SMILES string of the molecule is CN(C)NC(=O)c1ccc(-c2nc3ccccc3s2)s1. The van der Waals surface area contributed by atoms with E-state index in [4.69, 9.17) is 0 Å². The van der Waals surface area contributed by atoms with E-state index < -0.39 is 0 Å². The van der Waals surface area contributed by atoms with E-state index in [2.05, 4.69) is 16.5 Å². The molecule has 1 amide bonds. The van der Waals surface area contributed by atoms with Crippen molar-refractivity contribution in [1.29, 1.82) is 0 Å². The summed E-state index contributed by atoms with van der Waals surface area (Å²) in [4.78, 5) is 18.2. The number of hydrogen-bond donors (Lipinski definition) is 1. The molecule has 0 aliphatic carbocycles. The van der Waals surface area contributed by atoms with Crippen LogP contribution in [0.25, 0.3) is 20.1 Å². The first-order valence-corrected chi connectivity index (χ1v) is 7.71. The zero-order valence-corrected chi connectivity index (χ0v) is 12.7. The third-order valence-corrected chi connectivity index (χ3v) is 4.95. The maximum absolute atomic E-state index is 11.9. The van der Waals surface area contributed by atoms with E-state index in [-0.39, 0.29) is 5.91 Å². The molecule has 2 heterocycles. The normalized spacial score (nSPS) is 11.2. The fourth-order valence-corrected chi connectivity index (χ4v) is 3.73. The van der Waals surface area contributed by atoms with Crippen molar-refractivity contribution in [2.75, 3.05) is 14.1 Å². The molecular weight excluding hydrogens is 290 g/mol. The van der Waals surface area contributed by atoms with Gasteiger partial charge in [0.25, 0.3) is 5.91 Å². The molecule has 6 heteroatoms. The Kier molecular flexibility index (Phi) is 3.52. The molecule has 1 aromatic carbocycles. The molecule has 0 saturated carbocycles. The highest BCUT2D eigenvalue weighted by Gasteiger charge is 2.13. The van der Waals surface area contributed by atoms with E-state index in [1.54, 1.807) is 30.4 Å². The van der Waals surface area contributed by atoms with Crippen LogP contribution in [0.1, 0.15) is 9.67 Å². The number of fused-ring (bicyclic) bond motifs is 1. The van der Waals surface area contributed by atoms with Gasteiger partial charge in [0.15, 0.2) is 0 Å². The van der Waals surface area contributed by atoms with Crippen LogP contribution in [-0.2, 0) is 0 Å². The fourth-order valence-electron chi connectivity index (χ4n) is 1.81. The molecule has 3 aromatic rings. The largest absolute Gasteiger partial charge is 0.285 e. The first-order valence-electron chi connectivity index (χ1n) is 6.07. The quantitative estimate of drug-likeness (QED) is 0.756. The summed E-state index contributed by atoms with van der Waals surface area (Å²) in [5.74, 6) is -0.0904. The molecule has 102 valence electrons. The predicted molar refractivity (Wildman–Crippen MR) is 84.1 cm³/mol. The van der Waals surface area contributed by atoms with Crippen LogP contribution < -0.4 is 5.43 Å². The van der Waals surface area contributed by atoms with Gasteiger partial charge in [-0.25, -0.2) is 9.99 Å². The van der Waals surface area contributed by atoms with Gasteiger partial charge in [-0.2, -0.15) is 0 Å². The van der Waals surface area contributed by atoms with Crippen molar-refractivity contribution in [3.8, 4) is 9.88 Å². The second-order valence-electron chi connectivity index (χ2n) is 4.49. The Morgan fingerprint density at radius 1 is 1.15 bits per heavy atom. The Bertz CT molecular complexity index is 727. The van der Waals surface area contributed by atoms with Crippen LogP contribution in [0.3, 0.4) is 0 Å². The third-order valence-electron chi connectivity index (χ3n) is 2.66. The standard InChI is InChI=1S/C14H13N3OS2/c1-17(2)16-13(18)11-7-8-12(19-11)14-15-9-5-3-4-6-10(9)20-14/h3-8H,1-2H3,(H,16,18). The van der Waals surface area contributed by atoms with Crippen LogP contribution in [0.4, 0.5) is 0 Å². The number of thiophene rings is 1. The van der Waals surface area contributed by atoms with Crippen molar-refractivity contribution in [2.45, 2.75) is 0 Å². The predicted octanol–water partition coefficient (Wildman–Crippen LogP) is 3.23. The highest BCUT2D eigenvalue weighted by Crippen LogP contribution is 2.34. The molecule has 4 nitrogen and oxygen atoms in total. The summed E-state index contributed by atoms with van der Waals surface area (Å²) >= 11 is 3.11. The maximum Gasteiger partial charge on any atom is 0.275 e. The lowest BCUT2D eigenvalue weighted by Gasteiger charge is -2.09. The van der Waals surface area contributed by atoms with E-state index in [9.17, 15) is 4.79 Å². The summed E-state index contributed by atoms with van der Waals surface area (Å²) < 4.78 is 1.16. The topological polar surface area (TPSA) is 45.2 Å². The Balaban J connectivity index is 1.91. The summed E-state index contributed by atoms with van der Waals surface area (Å²) in [5.41, 5.74) is 3.74. The number of para-hydroxylation sites is 1. The minimum absolute atomic E-state index is 0.0904. The van der Waals surface area contributed by atoms with Crippen LogP contribution in [0.15, 0.2) is 36.4 Å². The molecule has 0 fully saturated rings. The number of rotatable bonds is 3. The minimum atomic E-state index is -0.0904. The molecule has 0 unspecified atom stereocenters. The molecule has 0 bridgehead atoms. The van der Waals surface area contributed by atoms with Crippen molar-refractivity contribution >= 4 is 38.8 Å². The molecule has 0 spiro atoms. The van der Waals surface area contributed by atoms with Crippen LogP contribution in [-0.4, -0.2) is 30.0 Å². The lowest BCUT2D eigenvalue weighted by Crippen LogP contribution is -2.35. The number of carbonyl (C=O) groups excluding carboxylic acids is 1. The monoisotopic (exact) mass is 303 g/mol. The lowest BCUT2D eigenvalue weighted by molar-refractivity contribution is 0.0861. The maximum atomic E-state index is 11.9. The second kappa shape index (κ2) is 5.32. The van der Waals surface area contributed by atoms with E-state index >= 15 is 0 Å². The summed E-state index contributed by atoms with van der Waals surface area (Å²) in [6.45, 7) is 0. The Morgan fingerprint density at radius 3 is 2.70 bits per heavy atom. The van der Waals surface area contributed by atoms with E-state index in [0.29, 0.717) is 4.88 Å². The van der Waals surface area contributed by atoms with Crippen molar-refractivity contribution in [3.05, 3.63) is 41.3 Å². The average Bonchev–Trinajstić information content (AvgIpc) is 3.04. The number of aromatic nitrogens is 1. The van der Waals surface area contributed by atoms with Crippen LogP contribution >= 0.6 is 22.7 Å². The first kappa shape index (κ1) is 13.2. The zero-order valence-electron chi connectivity index (χ0n) is 11.1. The Morgan fingerprint density at radius 2 is 1.95 bits per heavy atom. The van der Waals surface area contributed by atoms with Gasteiger partial charge in [-0.05, 0) is 24.3 Å². The summed E-state index contributed by atoms with van der Waals surface area (Å²) in [7, 11) is 3.58. The first-order chi connectivity index (χ1) is 9.63. The molecule has 0 saturated heterocycles. The third kappa shape index (κ3) is 2.58. The summed E-state index contributed by atoms with van der Waals surface area (Å²) in [6, 6.07) is 11.8. The van der Waals surface area contributed by atoms with Gasteiger partial charge in [0.2, 0.25) is 0 Å². The smallest absolute Gasteiger partial charge is 0.275 e. The zero-order chi connectivity index (χ0) is 14.1. The highest BCUT2D eigenvalue weighted by molar-refractivity contribution is 7.26. The van der Waals surface area contributed by atoms with E-state index in [1.807, 2.05) is 30.3 Å². The van der Waals surface area contributed by atoms with Gasteiger partial charge in [-0.1, -0.05) is 12.1 Å². The molecular formula is C14H13N3OS2. The molecule has 0 aliphatic rings. The molecule has 3 rings (SSSR count). The molecule has 0 aliphatic heterocycles. The van der Waals surface area contributed by atoms with Gasteiger partial charge in [-0.3, -0.25) is 10.2 Å². The lowest BCUT2D eigenvalue weighted by atomic mass is 10.3. The van der Waals surface area contributed by atoms with Crippen LogP contribution in [0.2, 0.25) is 0 Å². The molecule has 20 heavy (non-hydrogen) atoms. The van der Waals surface area contributed by atoms with Gasteiger partial charge < -0.3 is 0 Å². The second-order valence-corrected chi connectivity index (χ2v) is 6.60. The van der Waals surface area contributed by atoms with Gasteiger partial charge in [0.1, 0.15) is 5.01 Å². The Hall–Kier alpha value is -1.76. The van der Waals surface area contributed by atoms with Crippen molar-refractivity contribution in [1.82, 2.24) is 15.4 Å². The van der Waals surface area contributed by atoms with Crippen molar-refractivity contribution in [3.63, 3.8) is 0 Å². The van der Waals surface area contributed by atoms with Crippen LogP contribution in [0, 0.1) is 0 Å². The molecule has 0 atom stereocenters. The van der Waals surface area contributed by atoms with Crippen LogP contribution in [0.5, 0.6) is 0 Å². The number of nitrogens with zero attached hydrogens (tertiary/aromatic N) is 2. The van der Waals surface area contributed by atoms with Crippen molar-refractivity contribution in [2.24, 2.45) is 0 Å². The molecule has 2 aromatic heterocycles. The number of benzene rings is 1. The number of nitrogens with one attached hydrogen (secondary N) is 1. The van der Waals surface area contributed by atoms with Gasteiger partial charge >= 0.3 is 0 Å². The highest BCUT2D eigenvalue weighted by atomic mass is 32.1. The number of hydrogen-bond acceptors (Lipinski definition) is 5. The van der Waals surface area contributed by atoms with E-state index in [1.165, 1.54) is 11.3 Å². The summed E-state index contributed by atoms with van der Waals surface area (Å²) in [6.07, 6.45) is 0.